The molecule has 186 valence electrons. The number of benzene rings is 2. The van der Waals surface area contributed by atoms with Crippen LogP contribution in [0.2, 0.25) is 0 Å². The summed E-state index contributed by atoms with van der Waals surface area (Å²) in [5, 5.41) is 8.84. The fourth-order valence-electron chi connectivity index (χ4n) is 2.92. The van der Waals surface area contributed by atoms with Crippen LogP contribution in [-0.4, -0.2) is 30.3 Å². The van der Waals surface area contributed by atoms with Crippen molar-refractivity contribution in [3.63, 3.8) is 0 Å². The Bertz CT molecular complexity index is 1200. The van der Waals surface area contributed by atoms with Crippen molar-refractivity contribution in [2.24, 2.45) is 5.10 Å². The van der Waals surface area contributed by atoms with Gasteiger partial charge in [0.25, 0.3) is 0 Å². The summed E-state index contributed by atoms with van der Waals surface area (Å²) in [4.78, 5) is 16.5. The van der Waals surface area contributed by atoms with E-state index in [0.29, 0.717) is 41.1 Å². The Morgan fingerprint density at radius 2 is 1.91 bits per heavy atom. The molecule has 3 rings (SSSR count). The second-order valence-electron chi connectivity index (χ2n) is 7.00. The quantitative estimate of drug-likeness (QED) is 0.225. The van der Waals surface area contributed by atoms with Crippen LogP contribution in [0, 0.1) is 0 Å². The second-order valence-corrected chi connectivity index (χ2v) is 8.72. The molecule has 1 heterocycles. The van der Waals surface area contributed by atoms with Gasteiger partial charge in [-0.05, 0) is 54.0 Å². The van der Waals surface area contributed by atoms with E-state index in [0.717, 1.165) is 16.6 Å². The number of carbonyl (C=O) groups excluding carboxylic acids is 1. The normalized spacial score (nSPS) is 11.5. The van der Waals surface area contributed by atoms with Gasteiger partial charge in [0.15, 0.2) is 5.13 Å². The number of hydrogen-bond donors (Lipinski definition) is 2. The SMILES string of the molecule is CCOc1cc(OCC)c(/C=N\NC(=O)Cc2csc(Nc3cccc(C(F)(F)F)c3)n2)cc1Br. The average molecular weight is 571 g/mol. The number of thiazole rings is 1. The van der Waals surface area contributed by atoms with E-state index in [2.05, 4.69) is 36.8 Å². The van der Waals surface area contributed by atoms with Crippen molar-refractivity contribution < 1.29 is 27.4 Å². The number of hydrazone groups is 1. The van der Waals surface area contributed by atoms with E-state index in [1.807, 2.05) is 13.8 Å². The van der Waals surface area contributed by atoms with E-state index in [9.17, 15) is 18.0 Å². The molecule has 0 atom stereocenters. The van der Waals surface area contributed by atoms with E-state index >= 15 is 0 Å². The van der Waals surface area contributed by atoms with Crippen molar-refractivity contribution in [1.82, 2.24) is 10.4 Å². The zero-order chi connectivity index (χ0) is 25.4. The molecule has 0 aliphatic rings. The number of nitrogens with one attached hydrogen (secondary N) is 2. The molecular formula is C23H22BrF3N4O3S. The molecule has 35 heavy (non-hydrogen) atoms. The zero-order valence-corrected chi connectivity index (χ0v) is 21.2. The Balaban J connectivity index is 1.60. The Morgan fingerprint density at radius 1 is 1.17 bits per heavy atom. The van der Waals surface area contributed by atoms with Crippen molar-refractivity contribution in [3.05, 3.63) is 63.1 Å². The summed E-state index contributed by atoms with van der Waals surface area (Å²) in [6.45, 7) is 4.68. The van der Waals surface area contributed by atoms with E-state index in [1.54, 1.807) is 17.5 Å². The monoisotopic (exact) mass is 570 g/mol. The average Bonchev–Trinajstić information content (AvgIpc) is 3.23. The van der Waals surface area contributed by atoms with Gasteiger partial charge in [-0.2, -0.15) is 18.3 Å². The fraction of sp³-hybridized carbons (Fsp3) is 0.261. The molecule has 7 nitrogen and oxygen atoms in total. The molecule has 0 saturated carbocycles. The van der Waals surface area contributed by atoms with Crippen molar-refractivity contribution in [3.8, 4) is 11.5 Å². The molecule has 0 aliphatic carbocycles. The summed E-state index contributed by atoms with van der Waals surface area (Å²) in [5.74, 6) is 0.789. The predicted molar refractivity (Wildman–Crippen MR) is 133 cm³/mol. The summed E-state index contributed by atoms with van der Waals surface area (Å²) in [7, 11) is 0. The number of alkyl halides is 3. The highest BCUT2D eigenvalue weighted by atomic mass is 79.9. The number of anilines is 2. The van der Waals surface area contributed by atoms with Crippen LogP contribution in [0.3, 0.4) is 0 Å². The van der Waals surface area contributed by atoms with Crippen LogP contribution in [-0.2, 0) is 17.4 Å². The molecule has 1 amide bonds. The number of ether oxygens (including phenoxy) is 2. The number of nitrogens with zero attached hydrogens (tertiary/aromatic N) is 2. The first-order valence-corrected chi connectivity index (χ1v) is 12.2. The second kappa shape index (κ2) is 12.0. The molecule has 0 fully saturated rings. The summed E-state index contributed by atoms with van der Waals surface area (Å²) in [6.07, 6.45) is -3.02. The van der Waals surface area contributed by atoms with Crippen molar-refractivity contribution in [2.75, 3.05) is 18.5 Å². The molecule has 3 aromatic rings. The molecule has 0 unspecified atom stereocenters. The molecule has 0 bridgehead atoms. The smallest absolute Gasteiger partial charge is 0.416 e. The van der Waals surface area contributed by atoms with Crippen molar-refractivity contribution >= 4 is 50.2 Å². The molecular weight excluding hydrogens is 549 g/mol. The third kappa shape index (κ3) is 7.69. The fourth-order valence-corrected chi connectivity index (χ4v) is 4.12. The number of aromatic nitrogens is 1. The molecule has 2 N–H and O–H groups in total. The van der Waals surface area contributed by atoms with Gasteiger partial charge in [-0.1, -0.05) is 6.07 Å². The summed E-state index contributed by atoms with van der Waals surface area (Å²) >= 11 is 4.62. The van der Waals surface area contributed by atoms with Gasteiger partial charge >= 0.3 is 6.18 Å². The molecule has 12 heteroatoms. The number of rotatable bonds is 10. The maximum atomic E-state index is 12.9. The van der Waals surface area contributed by atoms with Crippen LogP contribution in [0.5, 0.6) is 11.5 Å². The van der Waals surface area contributed by atoms with E-state index in [4.69, 9.17) is 9.47 Å². The van der Waals surface area contributed by atoms with Gasteiger partial charge in [0.05, 0.1) is 41.6 Å². The minimum Gasteiger partial charge on any atom is -0.493 e. The van der Waals surface area contributed by atoms with Gasteiger partial charge in [0.2, 0.25) is 5.91 Å². The number of halogens is 4. The van der Waals surface area contributed by atoms with Crippen LogP contribution >= 0.6 is 27.3 Å². The highest BCUT2D eigenvalue weighted by Gasteiger charge is 2.30. The van der Waals surface area contributed by atoms with Crippen molar-refractivity contribution in [2.45, 2.75) is 26.4 Å². The molecule has 0 spiro atoms. The first-order chi connectivity index (χ1) is 16.7. The Morgan fingerprint density at radius 3 is 2.63 bits per heavy atom. The zero-order valence-electron chi connectivity index (χ0n) is 18.8. The van der Waals surface area contributed by atoms with E-state index in [1.165, 1.54) is 29.7 Å². The topological polar surface area (TPSA) is 84.8 Å². The largest absolute Gasteiger partial charge is 0.493 e. The maximum Gasteiger partial charge on any atom is 0.416 e. The maximum absolute atomic E-state index is 12.9. The van der Waals surface area contributed by atoms with E-state index in [-0.39, 0.29) is 12.1 Å². The lowest BCUT2D eigenvalue weighted by atomic mass is 10.2. The highest BCUT2D eigenvalue weighted by molar-refractivity contribution is 9.10. The lowest BCUT2D eigenvalue weighted by Crippen LogP contribution is -2.20. The summed E-state index contributed by atoms with van der Waals surface area (Å²) in [5.41, 5.74) is 3.03. The standard InChI is InChI=1S/C23H22BrF3N4O3S/c1-3-33-19-11-20(34-4-2)18(24)8-14(19)12-28-31-21(32)10-17-13-35-22(30-17)29-16-7-5-6-15(9-16)23(25,26)27/h5-9,11-13H,3-4,10H2,1-2H3,(H,29,30)(H,31,32)/b28-12-. The van der Waals surface area contributed by atoms with Crippen LogP contribution < -0.4 is 20.2 Å². The molecule has 0 aliphatic heterocycles. The van der Waals surface area contributed by atoms with Gasteiger partial charge in [-0.25, -0.2) is 10.4 Å². The minimum absolute atomic E-state index is 0.0522. The van der Waals surface area contributed by atoms with Gasteiger partial charge in [0, 0.05) is 22.7 Å². The Hall–Kier alpha value is -3.12. The van der Waals surface area contributed by atoms with Gasteiger partial charge in [0.1, 0.15) is 11.5 Å². The molecule has 0 saturated heterocycles. The lowest BCUT2D eigenvalue weighted by Gasteiger charge is -2.12. The van der Waals surface area contributed by atoms with Gasteiger partial charge < -0.3 is 14.8 Å². The van der Waals surface area contributed by atoms with Crippen LogP contribution in [0.25, 0.3) is 0 Å². The molecule has 1 aromatic heterocycles. The third-order valence-corrected chi connectivity index (χ3v) is 5.82. The van der Waals surface area contributed by atoms with Gasteiger partial charge in [-0.3, -0.25) is 4.79 Å². The number of carbonyl (C=O) groups is 1. The summed E-state index contributed by atoms with van der Waals surface area (Å²) in [6, 6.07) is 8.33. The lowest BCUT2D eigenvalue weighted by molar-refractivity contribution is -0.137. The number of amides is 1. The Labute approximate surface area is 212 Å². The minimum atomic E-state index is -4.44. The Kier molecular flexibility index (Phi) is 9.10. The first-order valence-electron chi connectivity index (χ1n) is 10.5. The summed E-state index contributed by atoms with van der Waals surface area (Å²) < 4.78 is 50.5. The third-order valence-electron chi connectivity index (χ3n) is 4.39. The van der Waals surface area contributed by atoms with Crippen LogP contribution in [0.4, 0.5) is 24.0 Å². The first kappa shape index (κ1) is 26.5. The predicted octanol–water partition coefficient (Wildman–Crippen LogP) is 6.16. The van der Waals surface area contributed by atoms with Crippen molar-refractivity contribution in [1.29, 1.82) is 0 Å². The number of hydrogen-bond acceptors (Lipinski definition) is 7. The molecule has 2 aromatic carbocycles. The molecule has 0 radical (unpaired) electrons. The van der Waals surface area contributed by atoms with Gasteiger partial charge in [-0.15, -0.1) is 11.3 Å². The highest BCUT2D eigenvalue weighted by Crippen LogP contribution is 2.33. The van der Waals surface area contributed by atoms with Crippen LogP contribution in [0.15, 0.2) is 51.4 Å². The van der Waals surface area contributed by atoms with Crippen LogP contribution in [0.1, 0.15) is 30.7 Å². The van der Waals surface area contributed by atoms with E-state index < -0.39 is 17.6 Å².